The Morgan fingerprint density at radius 2 is 1.78 bits per heavy atom. The standard InChI is InChI=1S/C39H41NO9/c1-47-36-15-25(13-23(38(36)46)3-2-10-41)39-33(45)17-30-31-14-24(12-21-4-7-32-22(11-21)8-9-40-32)29-16-26(44)5-6-28(29)37(31)35(18-34(30)49-39)48-27(19-42)20-43/h4-8,11,13,15-16,18,24,27,33,39,41-46H,2-3,9-10,12,14,17,19-20H2,1H3. The van der Waals surface area contributed by atoms with Crippen molar-refractivity contribution in [1.29, 1.82) is 0 Å². The number of benzene rings is 4. The monoisotopic (exact) mass is 667 g/mol. The number of aliphatic hydroxyl groups excluding tert-OH is 4. The SMILES string of the molecule is COc1cc(C2Oc3cc(OC(CO)CO)c4c(c3CC2O)CC(Cc2ccc3c(c2)=CCN=3)c2cc(O)ccc2-4)cc(CCCO)c1O. The molecule has 10 nitrogen and oxygen atoms in total. The number of hydrogen-bond donors (Lipinski definition) is 6. The lowest BCUT2D eigenvalue weighted by Gasteiger charge is -2.37. The number of nitrogens with zero attached hydrogens (tertiary/aromatic N) is 1. The van der Waals surface area contributed by atoms with Crippen molar-refractivity contribution in [3.63, 3.8) is 0 Å². The Balaban J connectivity index is 1.34. The van der Waals surface area contributed by atoms with E-state index in [1.807, 2.05) is 12.1 Å². The zero-order chi connectivity index (χ0) is 34.2. The van der Waals surface area contributed by atoms with Crippen molar-refractivity contribution in [2.75, 3.05) is 33.5 Å². The van der Waals surface area contributed by atoms with Gasteiger partial charge in [-0.05, 0) is 107 Å². The summed E-state index contributed by atoms with van der Waals surface area (Å²) in [4.78, 5) is 4.52. The van der Waals surface area contributed by atoms with Crippen LogP contribution in [0.3, 0.4) is 0 Å². The third-order valence-electron chi connectivity index (χ3n) is 9.86. The Morgan fingerprint density at radius 3 is 2.55 bits per heavy atom. The summed E-state index contributed by atoms with van der Waals surface area (Å²) in [6.45, 7) is -0.167. The van der Waals surface area contributed by atoms with Crippen molar-refractivity contribution < 1.29 is 44.8 Å². The van der Waals surface area contributed by atoms with Crippen LogP contribution < -0.4 is 24.8 Å². The number of fused-ring (bicyclic) bond motifs is 6. The lowest BCUT2D eigenvalue weighted by atomic mass is 9.73. The van der Waals surface area contributed by atoms with Crippen LogP contribution in [0.1, 0.15) is 51.8 Å². The average Bonchev–Trinajstić information content (AvgIpc) is 3.58. The number of aryl methyl sites for hydroxylation is 1. The van der Waals surface area contributed by atoms with Crippen molar-refractivity contribution in [2.24, 2.45) is 4.99 Å². The molecule has 0 saturated heterocycles. The summed E-state index contributed by atoms with van der Waals surface area (Å²) in [5.74, 6) is 1.29. The second-order valence-corrected chi connectivity index (χ2v) is 13.0. The molecule has 0 spiro atoms. The van der Waals surface area contributed by atoms with Crippen LogP contribution in [0.15, 0.2) is 59.6 Å². The molecule has 49 heavy (non-hydrogen) atoms. The van der Waals surface area contributed by atoms with Crippen LogP contribution in [-0.2, 0) is 25.7 Å². The van der Waals surface area contributed by atoms with Crippen molar-refractivity contribution in [3.8, 4) is 39.9 Å². The van der Waals surface area contributed by atoms with E-state index in [-0.39, 0.29) is 36.2 Å². The number of aromatic hydroxyl groups is 2. The van der Waals surface area contributed by atoms with Gasteiger partial charge < -0.3 is 44.8 Å². The molecule has 6 N–H and O–H groups in total. The third kappa shape index (κ3) is 6.21. The average molecular weight is 668 g/mol. The molecule has 0 fully saturated rings. The van der Waals surface area contributed by atoms with Crippen LogP contribution in [0, 0.1) is 0 Å². The van der Waals surface area contributed by atoms with Gasteiger partial charge in [-0.25, -0.2) is 0 Å². The molecule has 0 amide bonds. The summed E-state index contributed by atoms with van der Waals surface area (Å²) in [6.07, 6.45) is 1.88. The first-order valence-corrected chi connectivity index (χ1v) is 16.7. The minimum Gasteiger partial charge on any atom is -0.508 e. The Hall–Kier alpha value is -4.61. The van der Waals surface area contributed by atoms with E-state index in [1.54, 1.807) is 30.3 Å². The Labute approximate surface area is 283 Å². The Bertz CT molecular complexity index is 2010. The molecule has 256 valence electrons. The van der Waals surface area contributed by atoms with Gasteiger partial charge in [-0.1, -0.05) is 18.2 Å². The number of aliphatic hydroxyl groups is 4. The summed E-state index contributed by atoms with van der Waals surface area (Å²) in [6, 6.07) is 16.8. The van der Waals surface area contributed by atoms with Gasteiger partial charge in [0.25, 0.3) is 0 Å². The number of phenolic OH excluding ortho intramolecular Hbond substituents is 2. The molecule has 0 saturated carbocycles. The van der Waals surface area contributed by atoms with Crippen LogP contribution in [-0.4, -0.2) is 76.3 Å². The van der Waals surface area contributed by atoms with Gasteiger partial charge >= 0.3 is 0 Å². The number of rotatable bonds is 11. The number of methoxy groups -OCH3 is 1. The molecule has 10 heteroatoms. The zero-order valence-electron chi connectivity index (χ0n) is 27.3. The normalized spacial score (nSPS) is 18.8. The molecule has 3 unspecified atom stereocenters. The fourth-order valence-electron chi connectivity index (χ4n) is 7.49. The van der Waals surface area contributed by atoms with Gasteiger partial charge in [0.05, 0.1) is 38.3 Å². The predicted molar refractivity (Wildman–Crippen MR) is 182 cm³/mol. The third-order valence-corrected chi connectivity index (χ3v) is 9.86. The summed E-state index contributed by atoms with van der Waals surface area (Å²) in [5, 5.41) is 64.5. The van der Waals surface area contributed by atoms with Crippen LogP contribution in [0.5, 0.6) is 28.7 Å². The quantitative estimate of drug-likeness (QED) is 0.141. The van der Waals surface area contributed by atoms with Crippen molar-refractivity contribution in [2.45, 2.75) is 56.3 Å². The molecule has 0 radical (unpaired) electrons. The first kappa shape index (κ1) is 32.9. The Kier molecular flexibility index (Phi) is 9.21. The highest BCUT2D eigenvalue weighted by Gasteiger charge is 2.38. The minimum absolute atomic E-state index is 0.0133. The van der Waals surface area contributed by atoms with E-state index in [1.165, 1.54) is 7.11 Å². The van der Waals surface area contributed by atoms with Gasteiger partial charge in [-0.3, -0.25) is 4.99 Å². The topological polar surface area (TPSA) is 161 Å². The van der Waals surface area contributed by atoms with Crippen molar-refractivity contribution >= 4 is 6.08 Å². The fourth-order valence-corrected chi connectivity index (χ4v) is 7.49. The lowest BCUT2D eigenvalue weighted by molar-refractivity contribution is 0.0195. The molecule has 3 atom stereocenters. The van der Waals surface area contributed by atoms with E-state index in [4.69, 9.17) is 14.2 Å². The van der Waals surface area contributed by atoms with Gasteiger partial charge in [0.2, 0.25) is 0 Å². The second-order valence-electron chi connectivity index (χ2n) is 13.0. The van der Waals surface area contributed by atoms with Gasteiger partial charge in [0, 0.05) is 30.2 Å². The maximum atomic E-state index is 11.7. The number of hydrogen-bond acceptors (Lipinski definition) is 10. The molecule has 3 aliphatic rings. The summed E-state index contributed by atoms with van der Waals surface area (Å²) in [7, 11) is 1.46. The second kappa shape index (κ2) is 13.7. The van der Waals surface area contributed by atoms with E-state index in [2.05, 4.69) is 23.2 Å². The molecule has 2 aliphatic heterocycles. The molecule has 7 rings (SSSR count). The molecule has 2 heterocycles. The van der Waals surface area contributed by atoms with E-state index in [9.17, 15) is 30.6 Å². The van der Waals surface area contributed by atoms with E-state index >= 15 is 0 Å². The first-order chi connectivity index (χ1) is 23.8. The molecule has 0 aromatic heterocycles. The zero-order valence-corrected chi connectivity index (χ0v) is 27.3. The number of phenols is 2. The lowest BCUT2D eigenvalue weighted by Crippen LogP contribution is -2.32. The summed E-state index contributed by atoms with van der Waals surface area (Å²) >= 11 is 0. The van der Waals surface area contributed by atoms with Gasteiger partial charge in [-0.2, -0.15) is 0 Å². The molecular weight excluding hydrogens is 626 g/mol. The minimum atomic E-state index is -0.943. The predicted octanol–water partition coefficient (Wildman–Crippen LogP) is 2.76. The molecular formula is C39H41NO9. The Morgan fingerprint density at radius 1 is 0.939 bits per heavy atom. The van der Waals surface area contributed by atoms with Crippen LogP contribution >= 0.6 is 0 Å². The number of ether oxygens (including phenoxy) is 3. The molecule has 4 aromatic rings. The summed E-state index contributed by atoms with van der Waals surface area (Å²) < 4.78 is 18.3. The smallest absolute Gasteiger partial charge is 0.161 e. The highest BCUT2D eigenvalue weighted by Crippen LogP contribution is 2.52. The molecule has 4 aromatic carbocycles. The van der Waals surface area contributed by atoms with Crippen molar-refractivity contribution in [3.05, 3.63) is 98.6 Å². The van der Waals surface area contributed by atoms with Gasteiger partial charge in [0.15, 0.2) is 11.5 Å². The highest BCUT2D eigenvalue weighted by molar-refractivity contribution is 5.83. The van der Waals surface area contributed by atoms with E-state index < -0.39 is 31.5 Å². The van der Waals surface area contributed by atoms with Crippen LogP contribution in [0.4, 0.5) is 0 Å². The highest BCUT2D eigenvalue weighted by atomic mass is 16.5. The molecule has 0 bridgehead atoms. The maximum absolute atomic E-state index is 11.7. The van der Waals surface area contributed by atoms with Crippen LogP contribution in [0.25, 0.3) is 17.2 Å². The van der Waals surface area contributed by atoms with E-state index in [0.717, 1.165) is 44.0 Å². The largest absolute Gasteiger partial charge is 0.508 e. The maximum Gasteiger partial charge on any atom is 0.161 e. The first-order valence-electron chi connectivity index (χ1n) is 16.7. The van der Waals surface area contributed by atoms with Crippen molar-refractivity contribution in [1.82, 2.24) is 0 Å². The van der Waals surface area contributed by atoms with Gasteiger partial charge in [0.1, 0.15) is 29.5 Å². The summed E-state index contributed by atoms with van der Waals surface area (Å²) in [5.41, 5.74) is 6.72. The van der Waals surface area contributed by atoms with Gasteiger partial charge in [-0.15, -0.1) is 0 Å². The van der Waals surface area contributed by atoms with E-state index in [0.29, 0.717) is 54.9 Å². The fraction of sp³-hybridized carbons (Fsp3) is 0.359. The van der Waals surface area contributed by atoms with Crippen LogP contribution in [0.2, 0.25) is 0 Å². The molecule has 1 aliphatic carbocycles.